The molecule has 0 saturated carbocycles. The Morgan fingerprint density at radius 1 is 0.382 bits per heavy atom. The van der Waals surface area contributed by atoms with Crippen molar-refractivity contribution < 1.29 is 35.1 Å². The average molecular weight is 981 g/mol. The highest BCUT2D eigenvalue weighted by Crippen LogP contribution is 2.22. The largest absolute Gasteiger partial charge is 0.399 e. The Morgan fingerprint density at radius 2 is 0.632 bits per heavy atom. The van der Waals surface area contributed by atoms with E-state index in [0.717, 1.165) is 48.1 Å². The van der Waals surface area contributed by atoms with Gasteiger partial charge in [0.2, 0.25) is 0 Å². The van der Waals surface area contributed by atoms with Gasteiger partial charge >= 0.3 is 0 Å². The van der Waals surface area contributed by atoms with Crippen LogP contribution in [0.5, 0.6) is 5.75 Å². The number of nitrogens with two attached hydrogens (primary N) is 3. The van der Waals surface area contributed by atoms with Gasteiger partial charge in [0.1, 0.15) is 0 Å². The van der Waals surface area contributed by atoms with Crippen LogP contribution in [0.2, 0.25) is 0 Å². The van der Waals surface area contributed by atoms with Gasteiger partial charge in [0.25, 0.3) is 30.1 Å². The van der Waals surface area contributed by atoms with Crippen molar-refractivity contribution in [1.29, 1.82) is 0 Å². The van der Waals surface area contributed by atoms with Crippen LogP contribution >= 0.6 is 0 Å². The van der Waals surface area contributed by atoms with Crippen molar-refractivity contribution in [3.63, 3.8) is 0 Å². The predicted octanol–water partition coefficient (Wildman–Crippen LogP) is 10.1. The molecule has 0 bridgehead atoms. The summed E-state index contributed by atoms with van der Waals surface area (Å²) in [5, 5.41) is 0. The van der Waals surface area contributed by atoms with E-state index in [0.29, 0.717) is 28.5 Å². The molecule has 0 amide bonds. The summed E-state index contributed by atoms with van der Waals surface area (Å²) in [6, 6.07) is 48.5. The smallest absolute Gasteiger partial charge is 0.261 e. The van der Waals surface area contributed by atoms with Gasteiger partial charge < -0.3 is 16.4 Å². The summed E-state index contributed by atoms with van der Waals surface area (Å²) in [7, 11) is -10.7. The fourth-order valence-corrected chi connectivity index (χ4v) is 9.09. The molecule has 9 N–H and O–H groups in total. The third-order valence-electron chi connectivity index (χ3n) is 10.0. The lowest BCUT2D eigenvalue weighted by Crippen LogP contribution is -2.13. The molecule has 0 saturated heterocycles. The summed E-state index contributed by atoms with van der Waals surface area (Å²) >= 11 is 0. The lowest BCUT2D eigenvalue weighted by molar-refractivity contribution is -0.211. The zero-order valence-corrected chi connectivity index (χ0v) is 41.2. The van der Waals surface area contributed by atoms with Gasteiger partial charge in [-0.1, -0.05) is 98.9 Å². The molecule has 0 spiro atoms. The molecule has 0 aliphatic rings. The molecule has 14 nitrogen and oxygen atoms in total. The highest BCUT2D eigenvalue weighted by molar-refractivity contribution is 7.93. The zero-order chi connectivity index (χ0) is 49.7. The van der Waals surface area contributed by atoms with Crippen molar-refractivity contribution in [1.82, 2.24) is 0 Å². The fourth-order valence-electron chi connectivity index (χ4n) is 5.92. The third kappa shape index (κ3) is 17.4. The number of aryl methyl sites for hydroxylation is 5. The van der Waals surface area contributed by atoms with Gasteiger partial charge in [-0.3, -0.25) is 14.2 Å². The molecule has 7 aromatic rings. The van der Waals surface area contributed by atoms with Crippen LogP contribution in [0.1, 0.15) is 55.5 Å². The first-order chi connectivity index (χ1) is 32.4. The van der Waals surface area contributed by atoms with E-state index in [1.807, 2.05) is 69.3 Å². The molecule has 7 aromatic carbocycles. The van der Waals surface area contributed by atoms with E-state index in [1.54, 1.807) is 72.8 Å². The van der Waals surface area contributed by atoms with Crippen LogP contribution in [-0.4, -0.2) is 25.3 Å². The van der Waals surface area contributed by atoms with Gasteiger partial charge in [-0.2, -0.15) is 5.90 Å². The molecule has 0 aliphatic heterocycles. The Balaban J connectivity index is 0.000000204. The summed E-state index contributed by atoms with van der Waals surface area (Å²) in [5.41, 5.74) is 19.9. The summed E-state index contributed by atoms with van der Waals surface area (Å²) in [6.45, 7) is 10.2. The number of nitrogens with one attached hydrogen (secondary N) is 3. The lowest BCUT2D eigenvalue weighted by Gasteiger charge is -2.09. The predicted molar refractivity (Wildman–Crippen MR) is 274 cm³/mol. The number of sulfonamides is 3. The highest BCUT2D eigenvalue weighted by atomic mass is 32.2. The monoisotopic (exact) mass is 980 g/mol. The Bertz CT molecular complexity index is 2820. The molecule has 68 heavy (non-hydrogen) atoms. The van der Waals surface area contributed by atoms with Crippen LogP contribution in [0.25, 0.3) is 0 Å². The van der Waals surface area contributed by atoms with E-state index in [-0.39, 0.29) is 14.7 Å². The molecule has 0 fully saturated rings. The van der Waals surface area contributed by atoms with Crippen LogP contribution in [0.4, 0.5) is 28.4 Å². The Kier molecular flexibility index (Phi) is 20.4. The summed E-state index contributed by atoms with van der Waals surface area (Å²) < 4.78 is 80.6. The highest BCUT2D eigenvalue weighted by Gasteiger charge is 2.16. The van der Waals surface area contributed by atoms with Gasteiger partial charge in [0, 0.05) is 28.4 Å². The van der Waals surface area contributed by atoms with Crippen LogP contribution in [-0.2, 0) is 60.7 Å². The quantitative estimate of drug-likeness (QED) is 0.0321. The minimum atomic E-state index is -3.64. The maximum atomic E-state index is 12.2. The molecule has 0 unspecified atom stereocenters. The number of hydrogen-bond donors (Lipinski definition) is 6. The topological polar surface area (TPSA) is 235 Å². The number of anilines is 5. The molecule has 0 radical (unpaired) electrons. The summed E-state index contributed by atoms with van der Waals surface area (Å²) in [4.78, 5) is 9.17. The van der Waals surface area contributed by atoms with E-state index in [1.165, 1.54) is 47.5 Å². The normalized spacial score (nSPS) is 11.0. The van der Waals surface area contributed by atoms with Crippen LogP contribution in [0.3, 0.4) is 0 Å². The van der Waals surface area contributed by atoms with Crippen LogP contribution in [0, 0.1) is 6.92 Å². The molecule has 0 atom stereocenters. The standard InChI is InChI=1S/C15H17NO2S.C14H16N2O4S.C14H16N2O2S.C8H11N/c1-3-13-6-8-14(9-7-13)16-19(17,18)15-10-4-12(2)5-11-15;1-2-11-3-5-12(6-4-11)16-21(17,18)14-9-7-13(8-10-14)19-20-15;1-2-11-3-7-13(8-4-11)16-19(17,18)14-9-5-12(15)6-10-14;1-2-7-3-5-8(9)6-4-7/h4-11,16H,3H2,1-2H3;3-10,16H,2,15H2,1H3;3-10,16H,2,15H2,1H3;3-6H,2,9H2,1H3. The Morgan fingerprint density at radius 3 is 0.912 bits per heavy atom. The first kappa shape index (κ1) is 53.7. The number of benzene rings is 7. The molecule has 7 rings (SSSR count). The molecule has 360 valence electrons. The fraction of sp³-hybridized carbons (Fsp3) is 0.176. The molecule has 0 aliphatic carbocycles. The van der Waals surface area contributed by atoms with Crippen molar-refractivity contribution in [2.75, 3.05) is 25.6 Å². The minimum absolute atomic E-state index is 0.117. The third-order valence-corrected chi connectivity index (χ3v) is 14.2. The van der Waals surface area contributed by atoms with Crippen molar-refractivity contribution in [2.24, 2.45) is 5.90 Å². The van der Waals surface area contributed by atoms with Crippen LogP contribution in [0.15, 0.2) is 185 Å². The van der Waals surface area contributed by atoms with Crippen molar-refractivity contribution >= 4 is 58.5 Å². The second kappa shape index (κ2) is 25.9. The first-order valence-electron chi connectivity index (χ1n) is 21.7. The maximum Gasteiger partial charge on any atom is 0.261 e. The Labute approximate surface area is 401 Å². The summed E-state index contributed by atoms with van der Waals surface area (Å²) in [6.07, 6.45) is 3.84. The van der Waals surface area contributed by atoms with E-state index in [9.17, 15) is 25.3 Å². The average Bonchev–Trinajstić information content (AvgIpc) is 3.33. The van der Waals surface area contributed by atoms with E-state index < -0.39 is 30.1 Å². The molecule has 0 heterocycles. The maximum absolute atomic E-state index is 12.2. The van der Waals surface area contributed by atoms with E-state index >= 15 is 0 Å². The minimum Gasteiger partial charge on any atom is -0.399 e. The zero-order valence-electron chi connectivity index (χ0n) is 38.7. The van der Waals surface area contributed by atoms with Gasteiger partial charge in [-0.25, -0.2) is 25.3 Å². The molecular formula is C51H60N6O8S3. The van der Waals surface area contributed by atoms with Crippen LogP contribution < -0.4 is 36.4 Å². The van der Waals surface area contributed by atoms with Gasteiger partial charge in [0.05, 0.1) is 14.7 Å². The van der Waals surface area contributed by atoms with Crippen molar-refractivity contribution in [3.8, 4) is 5.75 Å². The van der Waals surface area contributed by atoms with E-state index in [2.05, 4.69) is 50.0 Å². The Hall–Kier alpha value is -6.89. The number of hydrogen-bond acceptors (Lipinski definition) is 11. The van der Waals surface area contributed by atoms with Crippen molar-refractivity contribution in [2.45, 2.75) is 75.0 Å². The van der Waals surface area contributed by atoms with Gasteiger partial charge in [-0.05, 0) is 164 Å². The molecule has 17 heteroatoms. The first-order valence-corrected chi connectivity index (χ1v) is 26.1. The molecular weight excluding hydrogens is 921 g/mol. The van der Waals surface area contributed by atoms with E-state index in [4.69, 9.17) is 17.4 Å². The lowest BCUT2D eigenvalue weighted by atomic mass is 10.2. The summed E-state index contributed by atoms with van der Waals surface area (Å²) in [5.74, 6) is 5.07. The second-order valence-corrected chi connectivity index (χ2v) is 20.1. The second-order valence-electron chi connectivity index (χ2n) is 15.1. The van der Waals surface area contributed by atoms with Gasteiger partial charge in [-0.15, -0.1) is 0 Å². The van der Waals surface area contributed by atoms with Gasteiger partial charge in [0.15, 0.2) is 5.75 Å². The molecule has 0 aromatic heterocycles. The number of rotatable bonds is 15. The van der Waals surface area contributed by atoms with Crippen molar-refractivity contribution in [3.05, 3.63) is 198 Å². The SMILES string of the molecule is CCc1ccc(N)cc1.CCc1ccc(NS(=O)(=O)c2ccc(C)cc2)cc1.CCc1ccc(NS(=O)(=O)c2ccc(N)cc2)cc1.CCc1ccc(NS(=O)(=O)c2ccc(OON)cc2)cc1. The number of nitrogen functional groups attached to an aromatic ring is 2.